The lowest BCUT2D eigenvalue weighted by Gasteiger charge is -2.24. The predicted molar refractivity (Wildman–Crippen MR) is 76.3 cm³/mol. The molecule has 21 heavy (non-hydrogen) atoms. The SMILES string of the molecule is CC(C)(CC(=O)O)NC(=O)Nc1ccc(S(N)(=O)=O)cc1. The molecular weight excluding hydrogens is 298 g/mol. The number of carbonyl (C=O) groups is 2. The summed E-state index contributed by atoms with van der Waals surface area (Å²) in [6.07, 6.45) is -0.231. The van der Waals surface area contributed by atoms with Crippen molar-refractivity contribution in [1.82, 2.24) is 5.32 Å². The van der Waals surface area contributed by atoms with Crippen LogP contribution in [0.2, 0.25) is 0 Å². The third kappa shape index (κ3) is 5.79. The normalized spacial score (nSPS) is 11.8. The molecule has 1 aromatic carbocycles. The maximum atomic E-state index is 11.7. The zero-order valence-corrected chi connectivity index (χ0v) is 12.4. The van der Waals surface area contributed by atoms with Crippen LogP contribution < -0.4 is 15.8 Å². The first kappa shape index (κ1) is 16.9. The second-order valence-corrected chi connectivity index (χ2v) is 6.66. The number of nitrogens with one attached hydrogen (secondary N) is 2. The van der Waals surface area contributed by atoms with Crippen LogP contribution in [-0.4, -0.2) is 31.1 Å². The summed E-state index contributed by atoms with van der Waals surface area (Å²) in [4.78, 5) is 22.3. The molecule has 1 aromatic rings. The number of hydrogen-bond donors (Lipinski definition) is 4. The van der Waals surface area contributed by atoms with Crippen molar-refractivity contribution in [3.05, 3.63) is 24.3 Å². The molecule has 0 spiro atoms. The van der Waals surface area contributed by atoms with Gasteiger partial charge in [-0.05, 0) is 38.1 Å². The zero-order chi connectivity index (χ0) is 16.3. The van der Waals surface area contributed by atoms with Crippen molar-refractivity contribution in [2.75, 3.05) is 5.32 Å². The van der Waals surface area contributed by atoms with E-state index >= 15 is 0 Å². The summed E-state index contributed by atoms with van der Waals surface area (Å²) in [6.45, 7) is 3.15. The fourth-order valence-electron chi connectivity index (χ4n) is 1.62. The summed E-state index contributed by atoms with van der Waals surface area (Å²) < 4.78 is 22.2. The lowest BCUT2D eigenvalue weighted by atomic mass is 10.0. The molecule has 1 rings (SSSR count). The van der Waals surface area contributed by atoms with Crippen LogP contribution in [0, 0.1) is 0 Å². The molecule has 0 aliphatic heterocycles. The molecule has 9 heteroatoms. The van der Waals surface area contributed by atoms with E-state index in [-0.39, 0.29) is 11.3 Å². The smallest absolute Gasteiger partial charge is 0.319 e. The number of rotatable bonds is 5. The van der Waals surface area contributed by atoms with Gasteiger partial charge in [0.25, 0.3) is 0 Å². The summed E-state index contributed by atoms with van der Waals surface area (Å²) in [5, 5.41) is 18.7. The zero-order valence-electron chi connectivity index (χ0n) is 11.6. The molecule has 0 aliphatic rings. The Kier molecular flexibility index (Phi) is 4.92. The highest BCUT2D eigenvalue weighted by atomic mass is 32.2. The molecule has 0 aromatic heterocycles. The van der Waals surface area contributed by atoms with Crippen molar-refractivity contribution >= 4 is 27.7 Å². The first-order chi connectivity index (χ1) is 9.49. The van der Waals surface area contributed by atoms with E-state index in [4.69, 9.17) is 10.2 Å². The quantitative estimate of drug-likeness (QED) is 0.633. The summed E-state index contributed by atoms with van der Waals surface area (Å²) >= 11 is 0. The van der Waals surface area contributed by atoms with E-state index < -0.39 is 27.6 Å². The van der Waals surface area contributed by atoms with Crippen LogP contribution in [0.4, 0.5) is 10.5 Å². The van der Waals surface area contributed by atoms with Crippen LogP contribution >= 0.6 is 0 Å². The number of anilines is 1. The molecule has 0 saturated heterocycles. The fraction of sp³-hybridized carbons (Fsp3) is 0.333. The first-order valence-corrected chi connectivity index (χ1v) is 7.48. The van der Waals surface area contributed by atoms with Crippen LogP contribution in [0.15, 0.2) is 29.2 Å². The fourth-order valence-corrected chi connectivity index (χ4v) is 2.14. The molecule has 8 nitrogen and oxygen atoms in total. The molecular formula is C12H17N3O5S. The highest BCUT2D eigenvalue weighted by molar-refractivity contribution is 7.89. The lowest BCUT2D eigenvalue weighted by molar-refractivity contribution is -0.138. The first-order valence-electron chi connectivity index (χ1n) is 5.93. The Labute approximate surface area is 122 Å². The largest absolute Gasteiger partial charge is 0.481 e. The van der Waals surface area contributed by atoms with Gasteiger partial charge in [-0.25, -0.2) is 18.4 Å². The number of carboxylic acid groups (broad SMARTS) is 1. The second kappa shape index (κ2) is 6.10. The predicted octanol–water partition coefficient (Wildman–Crippen LogP) is 0.709. The van der Waals surface area contributed by atoms with Crippen LogP contribution in [-0.2, 0) is 14.8 Å². The molecule has 0 radical (unpaired) electrons. The summed E-state index contributed by atoms with van der Waals surface area (Å²) in [6, 6.07) is 4.68. The van der Waals surface area contributed by atoms with E-state index in [1.807, 2.05) is 0 Å². The number of primary sulfonamides is 1. The average molecular weight is 315 g/mol. The highest BCUT2D eigenvalue weighted by Gasteiger charge is 2.23. The van der Waals surface area contributed by atoms with Crippen molar-refractivity contribution in [2.24, 2.45) is 5.14 Å². The number of aliphatic carboxylic acids is 1. The van der Waals surface area contributed by atoms with Crippen LogP contribution in [0.5, 0.6) is 0 Å². The van der Waals surface area contributed by atoms with Gasteiger partial charge in [0.15, 0.2) is 0 Å². The van der Waals surface area contributed by atoms with Gasteiger partial charge >= 0.3 is 12.0 Å². The van der Waals surface area contributed by atoms with Gasteiger partial charge in [-0.1, -0.05) is 0 Å². The van der Waals surface area contributed by atoms with Crippen molar-refractivity contribution in [1.29, 1.82) is 0 Å². The Morgan fingerprint density at radius 2 is 1.76 bits per heavy atom. The molecule has 0 unspecified atom stereocenters. The molecule has 2 amide bonds. The number of carboxylic acids is 1. The molecule has 0 bridgehead atoms. The second-order valence-electron chi connectivity index (χ2n) is 5.10. The Morgan fingerprint density at radius 1 is 1.24 bits per heavy atom. The molecule has 116 valence electrons. The van der Waals surface area contributed by atoms with E-state index in [1.54, 1.807) is 13.8 Å². The number of hydrogen-bond acceptors (Lipinski definition) is 4. The molecule has 5 N–H and O–H groups in total. The number of sulfonamides is 1. The maximum absolute atomic E-state index is 11.7. The van der Waals surface area contributed by atoms with E-state index in [0.717, 1.165) is 0 Å². The molecule has 0 heterocycles. The number of nitrogens with two attached hydrogens (primary N) is 1. The van der Waals surface area contributed by atoms with Gasteiger partial charge in [0.05, 0.1) is 11.3 Å². The molecule has 0 aliphatic carbocycles. The van der Waals surface area contributed by atoms with Crippen LogP contribution in [0.1, 0.15) is 20.3 Å². The third-order valence-corrected chi connectivity index (χ3v) is 3.42. The number of carbonyl (C=O) groups excluding carboxylic acids is 1. The molecule has 0 atom stereocenters. The third-order valence-electron chi connectivity index (χ3n) is 2.49. The van der Waals surface area contributed by atoms with Crippen molar-refractivity contribution in [3.8, 4) is 0 Å². The lowest BCUT2D eigenvalue weighted by Crippen LogP contribution is -2.46. The Bertz CT molecular complexity index is 637. The summed E-state index contributed by atoms with van der Waals surface area (Å²) in [5.74, 6) is -1.03. The molecule has 0 saturated carbocycles. The van der Waals surface area contributed by atoms with Gasteiger partial charge in [-0.2, -0.15) is 0 Å². The number of amides is 2. The van der Waals surface area contributed by atoms with Crippen LogP contribution in [0.25, 0.3) is 0 Å². The Hall–Kier alpha value is -2.13. The number of benzene rings is 1. The molecule has 0 fully saturated rings. The minimum atomic E-state index is -3.78. The highest BCUT2D eigenvalue weighted by Crippen LogP contribution is 2.13. The number of urea groups is 1. The minimum absolute atomic E-state index is 0.0698. The van der Waals surface area contributed by atoms with Crippen molar-refractivity contribution < 1.29 is 23.1 Å². The van der Waals surface area contributed by atoms with Crippen molar-refractivity contribution in [3.63, 3.8) is 0 Å². The van der Waals surface area contributed by atoms with E-state index in [0.29, 0.717) is 5.69 Å². The van der Waals surface area contributed by atoms with Gasteiger partial charge in [0, 0.05) is 11.2 Å². The Morgan fingerprint density at radius 3 is 2.19 bits per heavy atom. The summed E-state index contributed by atoms with van der Waals surface area (Å²) in [5.41, 5.74) is -0.567. The van der Waals surface area contributed by atoms with Gasteiger partial charge in [0.1, 0.15) is 0 Å². The Balaban J connectivity index is 2.69. The van der Waals surface area contributed by atoms with Crippen LogP contribution in [0.3, 0.4) is 0 Å². The van der Waals surface area contributed by atoms with E-state index in [2.05, 4.69) is 10.6 Å². The van der Waals surface area contributed by atoms with Gasteiger partial charge in [-0.3, -0.25) is 4.79 Å². The van der Waals surface area contributed by atoms with Gasteiger partial charge in [-0.15, -0.1) is 0 Å². The van der Waals surface area contributed by atoms with Gasteiger partial charge < -0.3 is 15.7 Å². The van der Waals surface area contributed by atoms with E-state index in [1.165, 1.54) is 24.3 Å². The standard InChI is InChI=1S/C12H17N3O5S/c1-12(2,7-10(16)17)15-11(18)14-8-3-5-9(6-4-8)21(13,19)20/h3-6H,7H2,1-2H3,(H,16,17)(H2,13,19,20)(H2,14,15,18). The van der Waals surface area contributed by atoms with Crippen molar-refractivity contribution in [2.45, 2.75) is 30.7 Å². The summed E-state index contributed by atoms with van der Waals surface area (Å²) in [7, 11) is -3.78. The van der Waals surface area contributed by atoms with E-state index in [9.17, 15) is 18.0 Å². The minimum Gasteiger partial charge on any atom is -0.481 e. The monoisotopic (exact) mass is 315 g/mol. The topological polar surface area (TPSA) is 139 Å². The maximum Gasteiger partial charge on any atom is 0.319 e. The average Bonchev–Trinajstić information content (AvgIpc) is 2.25. The van der Waals surface area contributed by atoms with Gasteiger partial charge in [0.2, 0.25) is 10.0 Å².